The Hall–Kier alpha value is -3.00. The van der Waals surface area contributed by atoms with Crippen LogP contribution >= 0.6 is 0 Å². The molecule has 0 unspecified atom stereocenters. The third kappa shape index (κ3) is 3.11. The average Bonchev–Trinajstić information content (AvgIpc) is 3.32. The lowest BCUT2D eigenvalue weighted by Crippen LogP contribution is -2.45. The molecule has 8 heteroatoms. The molecule has 8 nitrogen and oxygen atoms in total. The Morgan fingerprint density at radius 2 is 2.03 bits per heavy atom. The molecule has 2 bridgehead atoms. The standard InChI is InChI=1S/C22H25N5O3/c1-13(2)30-19-16(24-18(28)15-7-5-6-14(3)23-15)8-27-9-17(25-20(27)26-19)22-10-21(4,11-22)29-12-22/h5-9,13H,10-12H2,1-4H3,(H,24,28). The molecule has 3 aromatic heterocycles. The van der Waals surface area contributed by atoms with Gasteiger partial charge in [-0.05, 0) is 52.7 Å². The number of hydrogen-bond acceptors (Lipinski definition) is 6. The van der Waals surface area contributed by atoms with Crippen LogP contribution in [0.25, 0.3) is 5.78 Å². The first-order chi connectivity index (χ1) is 14.3. The van der Waals surface area contributed by atoms with Crippen molar-refractivity contribution in [3.8, 4) is 5.88 Å². The van der Waals surface area contributed by atoms with Gasteiger partial charge in [-0.2, -0.15) is 4.98 Å². The van der Waals surface area contributed by atoms with Gasteiger partial charge in [0.25, 0.3) is 5.91 Å². The van der Waals surface area contributed by atoms with E-state index in [4.69, 9.17) is 14.5 Å². The molecule has 1 N–H and O–H groups in total. The number of hydrogen-bond donors (Lipinski definition) is 1. The van der Waals surface area contributed by atoms with Crippen molar-refractivity contribution in [1.82, 2.24) is 19.4 Å². The Morgan fingerprint density at radius 1 is 1.23 bits per heavy atom. The highest BCUT2D eigenvalue weighted by atomic mass is 16.5. The summed E-state index contributed by atoms with van der Waals surface area (Å²) in [6.07, 6.45) is 5.63. The van der Waals surface area contributed by atoms with E-state index in [-0.39, 0.29) is 23.0 Å². The van der Waals surface area contributed by atoms with Crippen molar-refractivity contribution in [3.05, 3.63) is 47.7 Å². The highest BCUT2D eigenvalue weighted by Gasteiger charge is 2.61. The van der Waals surface area contributed by atoms with Gasteiger partial charge in [-0.1, -0.05) is 6.07 Å². The molecule has 0 atom stereocenters. The van der Waals surface area contributed by atoms with Gasteiger partial charge in [-0.15, -0.1) is 0 Å². The summed E-state index contributed by atoms with van der Waals surface area (Å²) in [6, 6.07) is 5.34. The van der Waals surface area contributed by atoms with Crippen LogP contribution in [0.15, 0.2) is 30.6 Å². The van der Waals surface area contributed by atoms with E-state index in [1.165, 1.54) is 0 Å². The van der Waals surface area contributed by atoms with Crippen LogP contribution in [-0.2, 0) is 10.2 Å². The molecule has 1 aliphatic carbocycles. The molecule has 0 spiro atoms. The molecule has 30 heavy (non-hydrogen) atoms. The van der Waals surface area contributed by atoms with Crippen LogP contribution < -0.4 is 10.1 Å². The van der Waals surface area contributed by atoms with Crippen molar-refractivity contribution in [3.63, 3.8) is 0 Å². The van der Waals surface area contributed by atoms with Crippen molar-refractivity contribution >= 4 is 17.4 Å². The Balaban J connectivity index is 1.50. The quantitative estimate of drug-likeness (QED) is 0.698. The number of imidazole rings is 1. The third-order valence-corrected chi connectivity index (χ3v) is 5.79. The first-order valence-corrected chi connectivity index (χ1v) is 10.2. The molecular weight excluding hydrogens is 382 g/mol. The van der Waals surface area contributed by atoms with E-state index < -0.39 is 0 Å². The summed E-state index contributed by atoms with van der Waals surface area (Å²) in [5, 5.41) is 2.89. The summed E-state index contributed by atoms with van der Waals surface area (Å²) in [4.78, 5) is 26.4. The van der Waals surface area contributed by atoms with Gasteiger partial charge in [0.2, 0.25) is 11.7 Å². The van der Waals surface area contributed by atoms with E-state index >= 15 is 0 Å². The maximum atomic E-state index is 12.7. The highest BCUT2D eigenvalue weighted by Crippen LogP contribution is 2.58. The molecule has 1 saturated carbocycles. The number of pyridine rings is 1. The van der Waals surface area contributed by atoms with Crippen LogP contribution in [-0.4, -0.2) is 43.6 Å². The van der Waals surface area contributed by atoms with Crippen LogP contribution in [0.3, 0.4) is 0 Å². The lowest BCUT2D eigenvalue weighted by molar-refractivity contribution is 0.0154. The maximum absolute atomic E-state index is 12.7. The zero-order valence-electron chi connectivity index (χ0n) is 17.6. The van der Waals surface area contributed by atoms with Crippen molar-refractivity contribution in [2.75, 3.05) is 11.9 Å². The van der Waals surface area contributed by atoms with Gasteiger partial charge in [0, 0.05) is 23.5 Å². The largest absolute Gasteiger partial charge is 0.473 e. The Bertz CT molecular complexity index is 1150. The predicted octanol–water partition coefficient (Wildman–Crippen LogP) is 3.29. The molecule has 3 fully saturated rings. The number of aromatic nitrogens is 4. The summed E-state index contributed by atoms with van der Waals surface area (Å²) in [6.45, 7) is 8.52. The van der Waals surface area contributed by atoms with E-state index in [9.17, 15) is 4.79 Å². The van der Waals surface area contributed by atoms with Crippen LogP contribution in [0.1, 0.15) is 55.5 Å². The smallest absolute Gasteiger partial charge is 0.274 e. The first kappa shape index (κ1) is 19.0. The second-order valence-electron chi connectivity index (χ2n) is 8.95. The molecule has 3 aromatic rings. The molecule has 156 valence electrons. The molecule has 0 radical (unpaired) electrons. The van der Waals surface area contributed by atoms with E-state index in [0.717, 1.165) is 24.2 Å². The minimum Gasteiger partial charge on any atom is -0.473 e. The fourth-order valence-electron chi connectivity index (χ4n) is 4.57. The van der Waals surface area contributed by atoms with Crippen molar-refractivity contribution in [1.29, 1.82) is 0 Å². The highest BCUT2D eigenvalue weighted by molar-refractivity contribution is 6.03. The minimum atomic E-state index is -0.314. The van der Waals surface area contributed by atoms with Gasteiger partial charge in [0.1, 0.15) is 11.4 Å². The predicted molar refractivity (Wildman–Crippen MR) is 111 cm³/mol. The van der Waals surface area contributed by atoms with Crippen LogP contribution in [0.5, 0.6) is 5.88 Å². The summed E-state index contributed by atoms with van der Waals surface area (Å²) in [5.41, 5.74) is 2.52. The second kappa shape index (κ2) is 6.50. The monoisotopic (exact) mass is 407 g/mol. The number of nitrogens with zero attached hydrogens (tertiary/aromatic N) is 4. The third-order valence-electron chi connectivity index (χ3n) is 5.79. The summed E-state index contributed by atoms with van der Waals surface area (Å²) < 4.78 is 13.6. The zero-order chi connectivity index (χ0) is 21.1. The number of rotatable bonds is 5. The summed E-state index contributed by atoms with van der Waals surface area (Å²) in [5.74, 6) is 0.572. The van der Waals surface area contributed by atoms with Crippen LogP contribution in [0, 0.1) is 6.92 Å². The Kier molecular flexibility index (Phi) is 4.12. The van der Waals surface area contributed by atoms with Gasteiger partial charge in [-0.3, -0.25) is 9.20 Å². The molecule has 0 aromatic carbocycles. The number of amides is 1. The minimum absolute atomic E-state index is 0.0188. The van der Waals surface area contributed by atoms with Crippen molar-refractivity contribution in [2.45, 2.75) is 57.7 Å². The number of ether oxygens (including phenoxy) is 2. The second-order valence-corrected chi connectivity index (χ2v) is 8.95. The van der Waals surface area contributed by atoms with E-state index in [1.54, 1.807) is 12.3 Å². The van der Waals surface area contributed by atoms with Crippen molar-refractivity contribution < 1.29 is 14.3 Å². The molecule has 5 heterocycles. The number of carbonyl (C=O) groups is 1. The Morgan fingerprint density at radius 3 is 2.70 bits per heavy atom. The fraction of sp³-hybridized carbons (Fsp3) is 0.455. The van der Waals surface area contributed by atoms with E-state index in [0.29, 0.717) is 29.6 Å². The van der Waals surface area contributed by atoms with E-state index in [1.807, 2.05) is 43.5 Å². The molecule has 1 amide bonds. The zero-order valence-corrected chi connectivity index (χ0v) is 17.6. The van der Waals surface area contributed by atoms with Crippen LogP contribution in [0.4, 0.5) is 5.69 Å². The first-order valence-electron chi connectivity index (χ1n) is 10.2. The van der Waals surface area contributed by atoms with E-state index in [2.05, 4.69) is 22.2 Å². The molecule has 3 aliphatic rings. The van der Waals surface area contributed by atoms with Gasteiger partial charge in [0.05, 0.1) is 24.0 Å². The SMILES string of the molecule is Cc1cccc(C(=O)Nc2cn3cc(C45COC(C)(C4)C5)nc3nc2OC(C)C)n1. The lowest BCUT2D eigenvalue weighted by atomic mass is 9.62. The topological polar surface area (TPSA) is 90.6 Å². The van der Waals surface area contributed by atoms with Gasteiger partial charge in [0.15, 0.2) is 0 Å². The van der Waals surface area contributed by atoms with Crippen molar-refractivity contribution in [2.24, 2.45) is 0 Å². The molecule has 2 aliphatic heterocycles. The van der Waals surface area contributed by atoms with Gasteiger partial charge >= 0.3 is 0 Å². The lowest BCUT2D eigenvalue weighted by Gasteiger charge is -2.41. The van der Waals surface area contributed by atoms with Gasteiger partial charge in [-0.25, -0.2) is 9.97 Å². The maximum Gasteiger partial charge on any atom is 0.274 e. The fourth-order valence-corrected chi connectivity index (χ4v) is 4.57. The number of carbonyl (C=O) groups excluding carboxylic acids is 1. The van der Waals surface area contributed by atoms with Gasteiger partial charge < -0.3 is 14.8 Å². The Labute approximate surface area is 174 Å². The number of nitrogens with one attached hydrogen (secondary N) is 1. The summed E-state index contributed by atoms with van der Waals surface area (Å²) in [7, 11) is 0. The number of aryl methyl sites for hydroxylation is 1. The molecule has 6 rings (SSSR count). The number of fused-ring (bicyclic) bond motifs is 2. The normalized spacial score (nSPS) is 24.8. The average molecular weight is 407 g/mol. The van der Waals surface area contributed by atoms with Crippen LogP contribution in [0.2, 0.25) is 0 Å². The molecule has 2 saturated heterocycles. The number of anilines is 1. The summed E-state index contributed by atoms with van der Waals surface area (Å²) >= 11 is 0. The molecular formula is C22H25N5O3.